The molecule has 2 aliphatic carbocycles. The van der Waals surface area contributed by atoms with E-state index in [0.29, 0.717) is 43.8 Å². The standard InChI is InChI=1S/C32H45F2N5O6S/c1-8-15-46-29-36-27(35-20-10-11-21(17-20)43-13-14-44-31(2,3)4)26(39(41)42)28(37-29)38(30(40)45-32(5,6)7)25-18-22(25)19-9-12-23(33)24(34)16-19/h9,12,16,20-22,25H,8,10-11,13-15,17-18H2,1-7H3,(H,35,36,37)/t20?,21?,22-,25?/m0/s1. The Balaban J connectivity index is 1.66. The third-order valence-corrected chi connectivity index (χ3v) is 8.49. The predicted octanol–water partition coefficient (Wildman–Crippen LogP) is 7.63. The van der Waals surface area contributed by atoms with Gasteiger partial charge in [-0.15, -0.1) is 0 Å². The van der Waals surface area contributed by atoms with Crippen molar-refractivity contribution in [1.82, 2.24) is 9.97 Å². The zero-order chi connectivity index (χ0) is 33.8. The molecule has 2 saturated carbocycles. The second kappa shape index (κ2) is 14.8. The molecular weight excluding hydrogens is 620 g/mol. The molecule has 4 rings (SSSR count). The molecule has 1 aromatic heterocycles. The van der Waals surface area contributed by atoms with Crippen LogP contribution in [0.15, 0.2) is 23.4 Å². The first-order valence-electron chi connectivity index (χ1n) is 15.7. The maximum atomic E-state index is 14.1. The van der Waals surface area contributed by atoms with Crippen molar-refractivity contribution in [2.24, 2.45) is 0 Å². The second-order valence-electron chi connectivity index (χ2n) is 13.7. The van der Waals surface area contributed by atoms with Gasteiger partial charge in [-0.3, -0.25) is 15.0 Å². The summed E-state index contributed by atoms with van der Waals surface area (Å²) in [5.41, 5.74) is -1.16. The first kappa shape index (κ1) is 35.7. The molecule has 3 unspecified atom stereocenters. The highest BCUT2D eigenvalue weighted by molar-refractivity contribution is 7.99. The molecule has 1 aromatic carbocycles. The van der Waals surface area contributed by atoms with E-state index in [-0.39, 0.29) is 34.5 Å². The van der Waals surface area contributed by atoms with Crippen LogP contribution in [0.3, 0.4) is 0 Å². The number of ether oxygens (including phenoxy) is 3. The smallest absolute Gasteiger partial charge is 0.416 e. The van der Waals surface area contributed by atoms with E-state index in [2.05, 4.69) is 15.3 Å². The Morgan fingerprint density at radius 2 is 1.83 bits per heavy atom. The van der Waals surface area contributed by atoms with E-state index in [1.807, 2.05) is 27.7 Å². The van der Waals surface area contributed by atoms with Crippen molar-refractivity contribution in [1.29, 1.82) is 0 Å². The van der Waals surface area contributed by atoms with Crippen molar-refractivity contribution in [3.05, 3.63) is 45.5 Å². The summed E-state index contributed by atoms with van der Waals surface area (Å²) < 4.78 is 45.3. The van der Waals surface area contributed by atoms with Gasteiger partial charge >= 0.3 is 11.8 Å². The lowest BCUT2D eigenvalue weighted by molar-refractivity contribution is -0.383. The summed E-state index contributed by atoms with van der Waals surface area (Å²) in [4.78, 5) is 36.2. The number of nitrogens with one attached hydrogen (secondary N) is 1. The summed E-state index contributed by atoms with van der Waals surface area (Å²) in [5, 5.41) is 16.3. The summed E-state index contributed by atoms with van der Waals surface area (Å²) in [7, 11) is 0. The molecule has 46 heavy (non-hydrogen) atoms. The summed E-state index contributed by atoms with van der Waals surface area (Å²) in [5.74, 6) is -1.94. The van der Waals surface area contributed by atoms with Crippen LogP contribution in [-0.4, -0.2) is 69.3 Å². The van der Waals surface area contributed by atoms with E-state index in [0.717, 1.165) is 25.0 Å². The topological polar surface area (TPSA) is 129 Å². The van der Waals surface area contributed by atoms with Crippen molar-refractivity contribution in [3.8, 4) is 0 Å². The fourth-order valence-electron chi connectivity index (χ4n) is 5.35. The fraction of sp³-hybridized carbons (Fsp3) is 0.656. The Bertz CT molecular complexity index is 1400. The number of hydrogen-bond donors (Lipinski definition) is 1. The van der Waals surface area contributed by atoms with Gasteiger partial charge in [0.15, 0.2) is 16.8 Å². The van der Waals surface area contributed by atoms with Crippen LogP contribution < -0.4 is 10.2 Å². The highest BCUT2D eigenvalue weighted by Crippen LogP contribution is 2.49. The van der Waals surface area contributed by atoms with Crippen LogP contribution in [0.2, 0.25) is 0 Å². The van der Waals surface area contributed by atoms with Gasteiger partial charge in [0.2, 0.25) is 11.6 Å². The Hall–Kier alpha value is -3.10. The van der Waals surface area contributed by atoms with E-state index in [1.165, 1.54) is 22.7 Å². The average molecular weight is 666 g/mol. The summed E-state index contributed by atoms with van der Waals surface area (Å²) >= 11 is 1.32. The third-order valence-electron chi connectivity index (χ3n) is 7.44. The van der Waals surface area contributed by atoms with E-state index in [4.69, 9.17) is 14.2 Å². The van der Waals surface area contributed by atoms with Crippen LogP contribution in [0.1, 0.15) is 92.1 Å². The van der Waals surface area contributed by atoms with Crippen LogP contribution >= 0.6 is 11.8 Å². The minimum atomic E-state index is -1.01. The van der Waals surface area contributed by atoms with E-state index in [9.17, 15) is 23.7 Å². The van der Waals surface area contributed by atoms with Gasteiger partial charge in [0.1, 0.15) is 5.60 Å². The van der Waals surface area contributed by atoms with Gasteiger partial charge in [-0.1, -0.05) is 24.8 Å². The quantitative estimate of drug-likeness (QED) is 0.0750. The number of carbonyl (C=O) groups excluding carboxylic acids is 1. The molecule has 0 saturated heterocycles. The molecule has 0 radical (unpaired) electrons. The molecule has 254 valence electrons. The molecule has 2 aliphatic rings. The second-order valence-corrected chi connectivity index (χ2v) is 14.7. The highest BCUT2D eigenvalue weighted by atomic mass is 32.2. The minimum absolute atomic E-state index is 0.00824. The van der Waals surface area contributed by atoms with Crippen LogP contribution in [0.5, 0.6) is 0 Å². The fourth-order valence-corrected chi connectivity index (χ4v) is 6.05. The number of amides is 1. The van der Waals surface area contributed by atoms with Crippen molar-refractivity contribution in [2.75, 3.05) is 29.2 Å². The predicted molar refractivity (Wildman–Crippen MR) is 173 cm³/mol. The van der Waals surface area contributed by atoms with Gasteiger partial charge in [0.05, 0.1) is 29.8 Å². The molecule has 0 bridgehead atoms. The lowest BCUT2D eigenvalue weighted by Crippen LogP contribution is -2.40. The van der Waals surface area contributed by atoms with Gasteiger partial charge < -0.3 is 19.5 Å². The molecule has 0 spiro atoms. The Labute approximate surface area is 273 Å². The zero-order valence-electron chi connectivity index (χ0n) is 27.6. The van der Waals surface area contributed by atoms with E-state index in [1.54, 1.807) is 20.8 Å². The molecule has 1 amide bonds. The number of rotatable bonds is 13. The number of nitrogens with zero attached hydrogens (tertiary/aromatic N) is 4. The molecule has 4 atom stereocenters. The number of benzene rings is 1. The third kappa shape index (κ3) is 9.71. The molecular formula is C32H45F2N5O6S. The number of thioether (sulfide) groups is 1. The van der Waals surface area contributed by atoms with Crippen molar-refractivity contribution in [3.63, 3.8) is 0 Å². The Kier molecular flexibility index (Phi) is 11.5. The van der Waals surface area contributed by atoms with Gasteiger partial charge in [0.25, 0.3) is 0 Å². The van der Waals surface area contributed by atoms with Gasteiger partial charge in [-0.25, -0.2) is 13.6 Å². The molecule has 11 nitrogen and oxygen atoms in total. The Morgan fingerprint density at radius 3 is 2.46 bits per heavy atom. The maximum Gasteiger partial charge on any atom is 0.416 e. The normalized spacial score (nSPS) is 21.2. The van der Waals surface area contributed by atoms with Crippen LogP contribution in [0.25, 0.3) is 0 Å². The lowest BCUT2D eigenvalue weighted by atomic mass is 10.1. The van der Waals surface area contributed by atoms with Gasteiger partial charge in [-0.2, -0.15) is 9.97 Å². The van der Waals surface area contributed by atoms with Crippen LogP contribution in [-0.2, 0) is 14.2 Å². The first-order chi connectivity index (χ1) is 21.6. The molecule has 1 heterocycles. The van der Waals surface area contributed by atoms with Crippen LogP contribution in [0, 0.1) is 21.7 Å². The molecule has 2 aromatic rings. The zero-order valence-corrected chi connectivity index (χ0v) is 28.4. The SMILES string of the molecule is CCCSc1nc(NC2CCC(OCCOC(C)(C)C)C2)c([N+](=O)[O-])c(N(C(=O)OC(C)(C)C)C2C[C@H]2c2ccc(F)c(F)c2)n1. The van der Waals surface area contributed by atoms with E-state index < -0.39 is 45.9 Å². The summed E-state index contributed by atoms with van der Waals surface area (Å²) in [6, 6.07) is 2.77. The molecule has 14 heteroatoms. The number of nitro groups is 1. The maximum absolute atomic E-state index is 14.1. The van der Waals surface area contributed by atoms with E-state index >= 15 is 0 Å². The highest BCUT2D eigenvalue weighted by Gasteiger charge is 2.50. The van der Waals surface area contributed by atoms with Crippen molar-refractivity contribution < 1.29 is 32.7 Å². The number of carbonyl (C=O) groups is 1. The number of hydrogen-bond acceptors (Lipinski definition) is 10. The number of halogens is 2. The molecule has 0 aliphatic heterocycles. The number of anilines is 2. The molecule has 2 fully saturated rings. The van der Waals surface area contributed by atoms with Crippen molar-refractivity contribution >= 4 is 35.2 Å². The lowest BCUT2D eigenvalue weighted by Gasteiger charge is -2.27. The minimum Gasteiger partial charge on any atom is -0.443 e. The Morgan fingerprint density at radius 1 is 1.09 bits per heavy atom. The van der Waals surface area contributed by atoms with Gasteiger partial charge in [0, 0.05) is 23.8 Å². The van der Waals surface area contributed by atoms with Crippen LogP contribution in [0.4, 0.5) is 30.9 Å². The monoisotopic (exact) mass is 665 g/mol. The first-order valence-corrected chi connectivity index (χ1v) is 16.7. The molecule has 1 N–H and O–H groups in total. The average Bonchev–Trinajstić information content (AvgIpc) is 3.59. The van der Waals surface area contributed by atoms with Crippen molar-refractivity contribution in [2.45, 2.75) is 121 Å². The van der Waals surface area contributed by atoms with Gasteiger partial charge in [-0.05, 0) is 91.3 Å². The largest absolute Gasteiger partial charge is 0.443 e. The summed E-state index contributed by atoms with van der Waals surface area (Å²) in [6.45, 7) is 13.9. The number of aromatic nitrogens is 2. The summed E-state index contributed by atoms with van der Waals surface area (Å²) in [6.07, 6.45) is 2.37.